The Labute approximate surface area is 161 Å². The topological polar surface area (TPSA) is 45.2 Å². The molecule has 0 spiro atoms. The number of aromatic nitrogens is 1. The summed E-state index contributed by atoms with van der Waals surface area (Å²) >= 11 is 1.34. The molecule has 1 atom stereocenters. The number of piperidine rings is 3. The van der Waals surface area contributed by atoms with Gasteiger partial charge in [0.05, 0.1) is 4.70 Å². The molecule has 4 nitrogen and oxygen atoms in total. The minimum atomic E-state index is -0.246. The van der Waals surface area contributed by atoms with Crippen LogP contribution in [0.1, 0.15) is 23.3 Å². The molecule has 0 aliphatic carbocycles. The zero-order valence-corrected chi connectivity index (χ0v) is 15.6. The number of hydrogen-bond acceptors (Lipinski definition) is 4. The summed E-state index contributed by atoms with van der Waals surface area (Å²) in [5, 5.41) is 4.10. The maximum Gasteiger partial charge on any atom is 0.271 e. The monoisotopic (exact) mass is 381 g/mol. The van der Waals surface area contributed by atoms with Crippen molar-refractivity contribution in [1.29, 1.82) is 0 Å². The van der Waals surface area contributed by atoms with Crippen LogP contribution in [0.5, 0.6) is 0 Å². The molecule has 1 aromatic heterocycles. The first-order valence-electron chi connectivity index (χ1n) is 9.36. The molecular formula is C21H20FN3OS. The van der Waals surface area contributed by atoms with Gasteiger partial charge in [0.25, 0.3) is 5.91 Å². The van der Waals surface area contributed by atoms with Gasteiger partial charge >= 0.3 is 0 Å². The molecule has 2 bridgehead atoms. The highest BCUT2D eigenvalue weighted by molar-refractivity contribution is 7.13. The van der Waals surface area contributed by atoms with E-state index in [1.165, 1.54) is 36.5 Å². The van der Waals surface area contributed by atoms with Gasteiger partial charge in [0.15, 0.2) is 0 Å². The summed E-state index contributed by atoms with van der Waals surface area (Å²) in [6.07, 6.45) is 2.34. The molecule has 3 aliphatic rings. The molecule has 3 saturated heterocycles. The molecule has 1 N–H and O–H groups in total. The first-order chi connectivity index (χ1) is 13.2. The SMILES string of the molecule is O=C(NC1CN2CCC1CC2)c1nsc2cc(-c3ccc(F)cc3)ccc12. The van der Waals surface area contributed by atoms with Crippen molar-refractivity contribution in [2.45, 2.75) is 18.9 Å². The lowest BCUT2D eigenvalue weighted by molar-refractivity contribution is 0.0619. The summed E-state index contributed by atoms with van der Waals surface area (Å²) in [4.78, 5) is 15.3. The molecule has 1 unspecified atom stereocenters. The van der Waals surface area contributed by atoms with E-state index in [0.717, 1.165) is 40.8 Å². The third kappa shape index (κ3) is 3.13. The van der Waals surface area contributed by atoms with E-state index < -0.39 is 0 Å². The van der Waals surface area contributed by atoms with Crippen LogP contribution in [0.3, 0.4) is 0 Å². The lowest BCUT2D eigenvalue weighted by atomic mass is 9.84. The standard InChI is InChI=1S/C21H20FN3OS/c22-16-4-1-13(2-5-16)15-3-6-17-19(11-15)27-24-20(17)21(26)23-18-12-25-9-7-14(18)8-10-25/h1-6,11,14,18H,7-10,12H2,(H,23,26). The molecule has 27 heavy (non-hydrogen) atoms. The van der Waals surface area contributed by atoms with Gasteiger partial charge in [-0.25, -0.2) is 4.39 Å². The van der Waals surface area contributed by atoms with Crippen molar-refractivity contribution in [1.82, 2.24) is 14.6 Å². The predicted molar refractivity (Wildman–Crippen MR) is 105 cm³/mol. The van der Waals surface area contributed by atoms with Gasteiger partial charge in [-0.3, -0.25) is 4.79 Å². The number of nitrogens with zero attached hydrogens (tertiary/aromatic N) is 2. The van der Waals surface area contributed by atoms with Crippen molar-refractivity contribution < 1.29 is 9.18 Å². The van der Waals surface area contributed by atoms with E-state index in [1.807, 2.05) is 18.2 Å². The maximum atomic E-state index is 13.1. The molecule has 138 valence electrons. The van der Waals surface area contributed by atoms with Crippen molar-refractivity contribution >= 4 is 27.5 Å². The van der Waals surface area contributed by atoms with Crippen molar-refractivity contribution in [3.05, 3.63) is 54.0 Å². The van der Waals surface area contributed by atoms with E-state index in [0.29, 0.717) is 11.6 Å². The van der Waals surface area contributed by atoms with Crippen LogP contribution in [-0.4, -0.2) is 40.9 Å². The Morgan fingerprint density at radius 3 is 2.56 bits per heavy atom. The third-order valence-electron chi connectivity index (χ3n) is 5.84. The number of carbonyl (C=O) groups excluding carboxylic acids is 1. The zero-order chi connectivity index (χ0) is 18.4. The molecule has 0 radical (unpaired) electrons. The predicted octanol–water partition coefficient (Wildman–Crippen LogP) is 3.93. The third-order valence-corrected chi connectivity index (χ3v) is 6.65. The summed E-state index contributed by atoms with van der Waals surface area (Å²) in [6, 6.07) is 12.6. The molecule has 3 fully saturated rings. The van der Waals surface area contributed by atoms with E-state index in [9.17, 15) is 9.18 Å². The van der Waals surface area contributed by atoms with Crippen LogP contribution in [0.4, 0.5) is 4.39 Å². The van der Waals surface area contributed by atoms with Crippen LogP contribution < -0.4 is 5.32 Å². The normalized spacial score (nSPS) is 24.3. The van der Waals surface area contributed by atoms with Crippen molar-refractivity contribution in [2.75, 3.05) is 19.6 Å². The van der Waals surface area contributed by atoms with Crippen LogP contribution in [0, 0.1) is 11.7 Å². The number of benzene rings is 2. The molecule has 3 aromatic rings. The molecular weight excluding hydrogens is 361 g/mol. The van der Waals surface area contributed by atoms with E-state index in [4.69, 9.17) is 0 Å². The molecule has 2 aromatic carbocycles. The Bertz CT molecular complexity index is 992. The lowest BCUT2D eigenvalue weighted by Crippen LogP contribution is -2.57. The minimum absolute atomic E-state index is 0.0745. The number of amides is 1. The average molecular weight is 381 g/mol. The first kappa shape index (κ1) is 16.8. The van der Waals surface area contributed by atoms with Crippen molar-refractivity contribution in [3.8, 4) is 11.1 Å². The fourth-order valence-corrected chi connectivity index (χ4v) is 5.10. The molecule has 6 rings (SSSR count). The second-order valence-electron chi connectivity index (χ2n) is 7.47. The van der Waals surface area contributed by atoms with Crippen LogP contribution in [0.15, 0.2) is 42.5 Å². The highest BCUT2D eigenvalue weighted by Gasteiger charge is 2.35. The first-order valence-corrected chi connectivity index (χ1v) is 10.1. The second-order valence-corrected chi connectivity index (χ2v) is 8.27. The Morgan fingerprint density at radius 2 is 1.85 bits per heavy atom. The zero-order valence-electron chi connectivity index (χ0n) is 14.8. The number of rotatable bonds is 3. The molecule has 6 heteroatoms. The smallest absolute Gasteiger partial charge is 0.271 e. The van der Waals surface area contributed by atoms with Gasteiger partial charge in [0.2, 0.25) is 0 Å². The van der Waals surface area contributed by atoms with E-state index >= 15 is 0 Å². The van der Waals surface area contributed by atoms with E-state index in [1.54, 1.807) is 12.1 Å². The van der Waals surface area contributed by atoms with E-state index in [2.05, 4.69) is 14.6 Å². The second kappa shape index (κ2) is 6.69. The number of carbonyl (C=O) groups is 1. The van der Waals surface area contributed by atoms with Crippen LogP contribution in [-0.2, 0) is 0 Å². The molecule has 1 amide bonds. The Hall–Kier alpha value is -2.31. The summed E-state index contributed by atoms with van der Waals surface area (Å²) in [5.41, 5.74) is 2.46. The largest absolute Gasteiger partial charge is 0.346 e. The fourth-order valence-electron chi connectivity index (χ4n) is 4.29. The summed E-state index contributed by atoms with van der Waals surface area (Å²) in [7, 11) is 0. The van der Waals surface area contributed by atoms with Crippen molar-refractivity contribution in [3.63, 3.8) is 0 Å². The van der Waals surface area contributed by atoms with Gasteiger partial charge in [-0.1, -0.05) is 24.3 Å². The number of halogens is 1. The van der Waals surface area contributed by atoms with Gasteiger partial charge in [0.1, 0.15) is 11.5 Å². The van der Waals surface area contributed by atoms with Gasteiger partial charge in [-0.2, -0.15) is 4.37 Å². The van der Waals surface area contributed by atoms with E-state index in [-0.39, 0.29) is 17.8 Å². The molecule has 3 aliphatic heterocycles. The van der Waals surface area contributed by atoms with Gasteiger partial charge in [-0.15, -0.1) is 0 Å². The number of nitrogens with one attached hydrogen (secondary N) is 1. The Morgan fingerprint density at radius 1 is 1.11 bits per heavy atom. The van der Waals surface area contributed by atoms with Gasteiger partial charge < -0.3 is 10.2 Å². The molecule has 0 saturated carbocycles. The number of fused-ring (bicyclic) bond motifs is 4. The minimum Gasteiger partial charge on any atom is -0.346 e. The van der Waals surface area contributed by atoms with Gasteiger partial charge in [-0.05, 0) is 72.7 Å². The van der Waals surface area contributed by atoms with Crippen LogP contribution in [0.25, 0.3) is 21.2 Å². The summed E-state index contributed by atoms with van der Waals surface area (Å²) in [6.45, 7) is 3.26. The highest BCUT2D eigenvalue weighted by Crippen LogP contribution is 2.31. The summed E-state index contributed by atoms with van der Waals surface area (Å²) in [5.74, 6) is 0.271. The maximum absolute atomic E-state index is 13.1. The Kier molecular flexibility index (Phi) is 4.17. The number of hydrogen-bond donors (Lipinski definition) is 1. The highest BCUT2D eigenvalue weighted by atomic mass is 32.1. The average Bonchev–Trinajstić information content (AvgIpc) is 3.13. The van der Waals surface area contributed by atoms with Crippen molar-refractivity contribution in [2.24, 2.45) is 5.92 Å². The fraction of sp³-hybridized carbons (Fsp3) is 0.333. The lowest BCUT2D eigenvalue weighted by Gasteiger charge is -2.44. The molecule has 4 heterocycles. The summed E-state index contributed by atoms with van der Waals surface area (Å²) < 4.78 is 18.5. The van der Waals surface area contributed by atoms with Gasteiger partial charge in [0, 0.05) is 18.0 Å². The Balaban J connectivity index is 1.39. The quantitative estimate of drug-likeness (QED) is 0.748. The van der Waals surface area contributed by atoms with Crippen LogP contribution in [0.2, 0.25) is 0 Å². The van der Waals surface area contributed by atoms with Crippen LogP contribution >= 0.6 is 11.5 Å².